The van der Waals surface area contributed by atoms with Gasteiger partial charge in [-0.3, -0.25) is 0 Å². The molecule has 7 nitrogen and oxygen atoms in total. The lowest BCUT2D eigenvalue weighted by Crippen LogP contribution is -2.53. The van der Waals surface area contributed by atoms with Crippen molar-refractivity contribution in [3.8, 4) is 0 Å². The van der Waals surface area contributed by atoms with Crippen LogP contribution >= 0.6 is 0 Å². The minimum absolute atomic E-state index is 0.0986. The monoisotopic (exact) mass is 401 g/mol. The first kappa shape index (κ1) is 19.6. The zero-order valence-corrected chi connectivity index (χ0v) is 16.7. The van der Waals surface area contributed by atoms with E-state index >= 15 is 0 Å². The molecule has 0 unspecified atom stereocenters. The van der Waals surface area contributed by atoms with Gasteiger partial charge in [-0.25, -0.2) is 9.79 Å². The third kappa shape index (κ3) is 4.30. The third-order valence-electron chi connectivity index (χ3n) is 5.15. The zero-order chi connectivity index (χ0) is 20.9. The van der Waals surface area contributed by atoms with Gasteiger partial charge in [0.1, 0.15) is 0 Å². The molecule has 1 fully saturated rings. The molecule has 152 valence electrons. The number of anilines is 1. The summed E-state index contributed by atoms with van der Waals surface area (Å²) in [4.78, 5) is 19.5. The van der Waals surface area contributed by atoms with E-state index in [2.05, 4.69) is 15.1 Å². The summed E-state index contributed by atoms with van der Waals surface area (Å²) in [5.74, 6) is 1.26. The van der Waals surface area contributed by atoms with Crippen molar-refractivity contribution in [3.63, 3.8) is 0 Å². The Morgan fingerprint density at radius 1 is 0.933 bits per heavy atom. The number of piperazine rings is 1. The summed E-state index contributed by atoms with van der Waals surface area (Å²) in [6, 6.07) is 23.6. The van der Waals surface area contributed by atoms with Crippen molar-refractivity contribution >= 4 is 23.4 Å². The maximum atomic E-state index is 11.3. The Hall–Kier alpha value is -3.74. The molecule has 0 aliphatic carbocycles. The number of rotatable bonds is 4. The predicted molar refractivity (Wildman–Crippen MR) is 117 cm³/mol. The van der Waals surface area contributed by atoms with Gasteiger partial charge in [-0.05, 0) is 19.1 Å². The molecule has 1 atom stereocenters. The third-order valence-corrected chi connectivity index (χ3v) is 5.15. The molecule has 1 saturated heterocycles. The van der Waals surface area contributed by atoms with E-state index < -0.39 is 6.09 Å². The summed E-state index contributed by atoms with van der Waals surface area (Å²) in [7, 11) is 0. The molecule has 2 heterocycles. The van der Waals surface area contributed by atoms with Gasteiger partial charge in [-0.15, -0.1) is 10.2 Å². The second kappa shape index (κ2) is 8.73. The molecule has 0 spiro atoms. The minimum atomic E-state index is -0.882. The van der Waals surface area contributed by atoms with E-state index in [1.807, 2.05) is 79.7 Å². The van der Waals surface area contributed by atoms with Gasteiger partial charge in [0.25, 0.3) is 0 Å². The van der Waals surface area contributed by atoms with Crippen molar-refractivity contribution in [2.24, 2.45) is 4.99 Å². The van der Waals surface area contributed by atoms with Crippen LogP contribution in [0.1, 0.15) is 18.1 Å². The highest BCUT2D eigenvalue weighted by molar-refractivity contribution is 6.13. The van der Waals surface area contributed by atoms with Gasteiger partial charge in [0, 0.05) is 36.8 Å². The molecule has 0 bridgehead atoms. The van der Waals surface area contributed by atoms with Crippen LogP contribution in [0.2, 0.25) is 0 Å². The van der Waals surface area contributed by atoms with Crippen LogP contribution in [0.15, 0.2) is 77.8 Å². The van der Waals surface area contributed by atoms with Gasteiger partial charge in [-0.2, -0.15) is 0 Å². The maximum absolute atomic E-state index is 11.3. The first-order chi connectivity index (χ1) is 14.6. The van der Waals surface area contributed by atoms with Crippen molar-refractivity contribution in [3.05, 3.63) is 83.9 Å². The highest BCUT2D eigenvalue weighted by Gasteiger charge is 2.27. The van der Waals surface area contributed by atoms with E-state index in [1.54, 1.807) is 0 Å². The second-order valence-electron chi connectivity index (χ2n) is 7.21. The van der Waals surface area contributed by atoms with Crippen molar-refractivity contribution in [1.82, 2.24) is 15.1 Å². The number of benzene rings is 2. The van der Waals surface area contributed by atoms with Gasteiger partial charge < -0.3 is 14.9 Å². The summed E-state index contributed by atoms with van der Waals surface area (Å²) in [6.07, 6.45) is -0.882. The number of nitrogens with zero attached hydrogens (tertiary/aromatic N) is 5. The molecule has 0 saturated carbocycles. The molecule has 1 aromatic heterocycles. The van der Waals surface area contributed by atoms with Crippen LogP contribution in [0.4, 0.5) is 16.4 Å². The highest BCUT2D eigenvalue weighted by Crippen LogP contribution is 2.20. The lowest BCUT2D eigenvalue weighted by Gasteiger charge is -2.38. The Kier molecular flexibility index (Phi) is 5.70. The summed E-state index contributed by atoms with van der Waals surface area (Å²) < 4.78 is 0. The number of carboxylic acid groups (broad SMARTS) is 1. The first-order valence-corrected chi connectivity index (χ1v) is 9.89. The van der Waals surface area contributed by atoms with Crippen molar-refractivity contribution in [1.29, 1.82) is 0 Å². The molecule has 7 heteroatoms. The lowest BCUT2D eigenvalue weighted by atomic mass is 10.0. The topological polar surface area (TPSA) is 81.9 Å². The number of aromatic nitrogens is 2. The molecule has 2 aromatic carbocycles. The van der Waals surface area contributed by atoms with Gasteiger partial charge in [0.15, 0.2) is 11.6 Å². The molecule has 4 rings (SSSR count). The molecule has 1 N–H and O–H groups in total. The predicted octanol–water partition coefficient (Wildman–Crippen LogP) is 3.83. The SMILES string of the molecule is C[C@H]1CN(c2ccc(N=C(c3ccccc3)c3ccccc3)nn2)CCN1C(=O)O. The fourth-order valence-electron chi connectivity index (χ4n) is 3.60. The van der Waals surface area contributed by atoms with E-state index in [4.69, 9.17) is 4.99 Å². The number of carbonyl (C=O) groups is 1. The Balaban J connectivity index is 1.58. The molecule has 30 heavy (non-hydrogen) atoms. The van der Waals surface area contributed by atoms with Gasteiger partial charge in [0.2, 0.25) is 0 Å². The minimum Gasteiger partial charge on any atom is -0.465 e. The van der Waals surface area contributed by atoms with E-state index in [-0.39, 0.29) is 6.04 Å². The first-order valence-electron chi connectivity index (χ1n) is 9.89. The average Bonchev–Trinajstić information content (AvgIpc) is 2.79. The molecular weight excluding hydrogens is 378 g/mol. The summed E-state index contributed by atoms with van der Waals surface area (Å²) in [5, 5.41) is 17.9. The van der Waals surface area contributed by atoms with E-state index in [0.29, 0.717) is 25.5 Å². The maximum Gasteiger partial charge on any atom is 0.407 e. The number of amides is 1. The Labute approximate surface area is 175 Å². The lowest BCUT2D eigenvalue weighted by molar-refractivity contribution is 0.122. The molecule has 3 aromatic rings. The largest absolute Gasteiger partial charge is 0.465 e. The van der Waals surface area contributed by atoms with Gasteiger partial charge >= 0.3 is 6.09 Å². The smallest absolute Gasteiger partial charge is 0.407 e. The molecule has 1 amide bonds. The van der Waals surface area contributed by atoms with Crippen LogP contribution in [0.5, 0.6) is 0 Å². The number of aliphatic imine (C=N–C) groups is 1. The standard InChI is InChI=1S/C23H23N5O2/c1-17-16-27(14-15-28(17)23(29)30)21-13-12-20(25-26-21)24-22(18-8-4-2-5-9-18)19-10-6-3-7-11-19/h2-13,17H,14-16H2,1H3,(H,29,30)/t17-/m0/s1. The van der Waals surface area contributed by atoms with Gasteiger partial charge in [-0.1, -0.05) is 60.7 Å². The molecular formula is C23H23N5O2. The van der Waals surface area contributed by atoms with Crippen molar-refractivity contribution < 1.29 is 9.90 Å². The Morgan fingerprint density at radius 3 is 2.07 bits per heavy atom. The number of hydrogen-bond acceptors (Lipinski definition) is 5. The van der Waals surface area contributed by atoms with Crippen LogP contribution in [0.3, 0.4) is 0 Å². The van der Waals surface area contributed by atoms with E-state index in [9.17, 15) is 9.90 Å². The van der Waals surface area contributed by atoms with Crippen LogP contribution < -0.4 is 4.90 Å². The number of hydrogen-bond donors (Lipinski definition) is 1. The normalized spacial score (nSPS) is 16.2. The van der Waals surface area contributed by atoms with E-state index in [1.165, 1.54) is 4.90 Å². The zero-order valence-electron chi connectivity index (χ0n) is 16.7. The summed E-state index contributed by atoms with van der Waals surface area (Å²) in [6.45, 7) is 3.53. The Morgan fingerprint density at radius 2 is 1.57 bits per heavy atom. The van der Waals surface area contributed by atoms with Crippen molar-refractivity contribution in [2.75, 3.05) is 24.5 Å². The molecule has 0 radical (unpaired) electrons. The van der Waals surface area contributed by atoms with Gasteiger partial charge in [0.05, 0.1) is 5.71 Å². The van der Waals surface area contributed by atoms with Crippen LogP contribution in [-0.4, -0.2) is 57.7 Å². The van der Waals surface area contributed by atoms with Crippen LogP contribution in [0.25, 0.3) is 0 Å². The molecule has 1 aliphatic heterocycles. The highest BCUT2D eigenvalue weighted by atomic mass is 16.4. The van der Waals surface area contributed by atoms with E-state index in [0.717, 1.165) is 22.7 Å². The summed E-state index contributed by atoms with van der Waals surface area (Å²) in [5.41, 5.74) is 2.85. The van der Waals surface area contributed by atoms with Crippen molar-refractivity contribution in [2.45, 2.75) is 13.0 Å². The fraction of sp³-hybridized carbons (Fsp3) is 0.217. The Bertz CT molecular complexity index is 981. The summed E-state index contributed by atoms with van der Waals surface area (Å²) >= 11 is 0. The average molecular weight is 401 g/mol. The fourth-order valence-corrected chi connectivity index (χ4v) is 3.60. The van der Waals surface area contributed by atoms with Crippen LogP contribution in [-0.2, 0) is 0 Å². The quantitative estimate of drug-likeness (QED) is 0.672. The van der Waals surface area contributed by atoms with Crippen LogP contribution in [0, 0.1) is 0 Å². The molecule has 1 aliphatic rings. The second-order valence-corrected chi connectivity index (χ2v) is 7.21.